The van der Waals surface area contributed by atoms with Crippen molar-refractivity contribution >= 4 is 20.8 Å². The van der Waals surface area contributed by atoms with E-state index in [-0.39, 0.29) is 0 Å². The first kappa shape index (κ1) is 8.99. The zero-order valence-electron chi connectivity index (χ0n) is 5.89. The van der Waals surface area contributed by atoms with E-state index in [0.717, 1.165) is 13.0 Å². The molecule has 0 aromatic rings. The first-order valence-electron chi connectivity index (χ1n) is 3.06. The molecule has 0 aliphatic heterocycles. The van der Waals surface area contributed by atoms with Crippen molar-refractivity contribution in [3.63, 3.8) is 0 Å². The van der Waals surface area contributed by atoms with Crippen LogP contribution in [0.1, 0.15) is 19.8 Å². The van der Waals surface area contributed by atoms with E-state index in [9.17, 15) is 0 Å². The van der Waals surface area contributed by atoms with Crippen molar-refractivity contribution in [2.24, 2.45) is 4.99 Å². The van der Waals surface area contributed by atoms with Gasteiger partial charge >= 0.3 is 64.0 Å². The minimum absolute atomic E-state index is 0.656. The molecule has 0 bridgehead atoms. The fourth-order valence-corrected chi connectivity index (χ4v) is 0.585. The summed E-state index contributed by atoms with van der Waals surface area (Å²) in [4.78, 5) is 4.73. The van der Waals surface area contributed by atoms with E-state index in [1.165, 1.54) is 6.42 Å². The van der Waals surface area contributed by atoms with Gasteiger partial charge in [0.15, 0.2) is 0 Å². The van der Waals surface area contributed by atoms with E-state index in [1.807, 2.05) is 0 Å². The molecule has 0 aromatic heterocycles. The Morgan fingerprint density at radius 3 is 2.78 bits per heavy atom. The molecule has 2 nitrogen and oxygen atoms in total. The average molecular weight is 193 g/mol. The van der Waals surface area contributed by atoms with Gasteiger partial charge in [-0.05, 0) is 0 Å². The third kappa shape index (κ3) is 5.87. The molecular formula is C6H12NOSe. The predicted octanol–water partition coefficient (Wildman–Crippen LogP) is 0.957. The fraction of sp³-hybridized carbons (Fsp3) is 0.833. The van der Waals surface area contributed by atoms with Gasteiger partial charge in [0.1, 0.15) is 0 Å². The minimum atomic E-state index is 0.656. The number of ether oxygens (including phenoxy) is 1. The molecule has 0 N–H and O–H groups in total. The van der Waals surface area contributed by atoms with Crippen LogP contribution >= 0.6 is 0 Å². The number of rotatable bonds is 3. The van der Waals surface area contributed by atoms with Gasteiger partial charge in [0, 0.05) is 0 Å². The summed E-state index contributed by atoms with van der Waals surface area (Å²) < 4.78 is 4.79. The maximum atomic E-state index is 4.79. The zero-order chi connectivity index (χ0) is 7.11. The summed E-state index contributed by atoms with van der Waals surface area (Å²) in [5.41, 5.74) is 0. The Morgan fingerprint density at radius 1 is 1.67 bits per heavy atom. The van der Waals surface area contributed by atoms with Gasteiger partial charge in [-0.25, -0.2) is 0 Å². The number of aliphatic imine (C=N–C) groups is 1. The quantitative estimate of drug-likeness (QED) is 0.283. The molecule has 0 aromatic carbocycles. The van der Waals surface area contributed by atoms with Gasteiger partial charge < -0.3 is 0 Å². The normalized spacial score (nSPS) is 11.6. The average Bonchev–Trinajstić information content (AvgIpc) is 1.89. The van der Waals surface area contributed by atoms with Gasteiger partial charge in [-0.3, -0.25) is 0 Å². The van der Waals surface area contributed by atoms with Crippen LogP contribution in [0, 0.1) is 0 Å². The van der Waals surface area contributed by atoms with Crippen molar-refractivity contribution in [3.05, 3.63) is 0 Å². The van der Waals surface area contributed by atoms with E-state index >= 15 is 0 Å². The molecule has 0 atom stereocenters. The number of unbranched alkanes of at least 4 members (excludes halogenated alkanes) is 1. The van der Waals surface area contributed by atoms with E-state index in [1.54, 1.807) is 7.11 Å². The van der Waals surface area contributed by atoms with Crippen LogP contribution in [-0.2, 0) is 4.74 Å². The van der Waals surface area contributed by atoms with Crippen LogP contribution in [0.25, 0.3) is 0 Å². The third-order valence-corrected chi connectivity index (χ3v) is 1.55. The van der Waals surface area contributed by atoms with Gasteiger partial charge in [0.25, 0.3) is 0 Å². The number of nitrogens with zero attached hydrogens (tertiary/aromatic N) is 1. The topological polar surface area (TPSA) is 21.6 Å². The Balaban J connectivity index is 3.21. The molecule has 0 saturated heterocycles. The third-order valence-electron chi connectivity index (χ3n) is 0.927. The van der Waals surface area contributed by atoms with E-state index in [0.29, 0.717) is 4.80 Å². The van der Waals surface area contributed by atoms with Gasteiger partial charge in [0.05, 0.1) is 0 Å². The summed E-state index contributed by atoms with van der Waals surface area (Å²) in [6.45, 7) is 3.01. The van der Waals surface area contributed by atoms with Crippen LogP contribution in [0.2, 0.25) is 0 Å². The molecule has 0 spiro atoms. The van der Waals surface area contributed by atoms with Crippen LogP contribution in [0.4, 0.5) is 0 Å². The van der Waals surface area contributed by atoms with Crippen molar-refractivity contribution in [2.45, 2.75) is 19.8 Å². The van der Waals surface area contributed by atoms with Crippen molar-refractivity contribution < 1.29 is 4.74 Å². The first-order valence-corrected chi connectivity index (χ1v) is 3.92. The summed E-state index contributed by atoms with van der Waals surface area (Å²) in [5.74, 6) is 0. The van der Waals surface area contributed by atoms with Crippen LogP contribution in [0.3, 0.4) is 0 Å². The van der Waals surface area contributed by atoms with Crippen LogP contribution < -0.4 is 0 Å². The van der Waals surface area contributed by atoms with Crippen molar-refractivity contribution in [1.82, 2.24) is 0 Å². The molecule has 0 fully saturated rings. The molecule has 0 aliphatic rings. The molecule has 0 rings (SSSR count). The second kappa shape index (κ2) is 6.11. The Kier molecular flexibility index (Phi) is 6.11. The van der Waals surface area contributed by atoms with Crippen molar-refractivity contribution in [3.8, 4) is 0 Å². The molecule has 3 heteroatoms. The second-order valence-corrected chi connectivity index (χ2v) is 2.44. The Labute approximate surface area is 64.5 Å². The van der Waals surface area contributed by atoms with Gasteiger partial charge in [-0.1, -0.05) is 0 Å². The zero-order valence-corrected chi connectivity index (χ0v) is 7.60. The molecule has 0 heterocycles. The molecule has 0 unspecified atom stereocenters. The fourth-order valence-electron chi connectivity index (χ4n) is 0.393. The number of hydrogen-bond donors (Lipinski definition) is 0. The van der Waals surface area contributed by atoms with Crippen LogP contribution in [0.15, 0.2) is 4.99 Å². The SMILES string of the molecule is CCCCN=C([Se])OC. The summed E-state index contributed by atoms with van der Waals surface area (Å²) in [6.07, 6.45) is 2.31. The molecule has 53 valence electrons. The summed E-state index contributed by atoms with van der Waals surface area (Å²) in [5, 5.41) is 0. The van der Waals surface area contributed by atoms with Crippen molar-refractivity contribution in [1.29, 1.82) is 0 Å². The van der Waals surface area contributed by atoms with Crippen molar-refractivity contribution in [2.75, 3.05) is 13.7 Å². The van der Waals surface area contributed by atoms with Gasteiger partial charge in [-0.2, -0.15) is 0 Å². The van der Waals surface area contributed by atoms with E-state index in [2.05, 4.69) is 27.9 Å². The number of hydrogen-bond acceptors (Lipinski definition) is 2. The van der Waals surface area contributed by atoms with Gasteiger partial charge in [-0.15, -0.1) is 0 Å². The van der Waals surface area contributed by atoms with E-state index < -0.39 is 0 Å². The Bertz CT molecular complexity index is 93.1. The summed E-state index contributed by atoms with van der Waals surface area (Å²) in [6, 6.07) is 0. The van der Waals surface area contributed by atoms with Crippen LogP contribution in [0.5, 0.6) is 0 Å². The molecule has 1 radical (unpaired) electrons. The molecule has 0 amide bonds. The van der Waals surface area contributed by atoms with E-state index in [4.69, 9.17) is 4.74 Å². The standard InChI is InChI=1S/C6H12NOSe/c1-3-4-5-7-6(9)8-2/h3-5H2,1-2H3. The Hall–Kier alpha value is -0.0105. The second-order valence-electron chi connectivity index (χ2n) is 1.71. The molecular weight excluding hydrogens is 181 g/mol. The van der Waals surface area contributed by atoms with Crippen LogP contribution in [-0.4, -0.2) is 34.5 Å². The summed E-state index contributed by atoms with van der Waals surface area (Å²) >= 11 is 2.71. The number of methoxy groups -OCH3 is 1. The first-order chi connectivity index (χ1) is 4.31. The molecule has 9 heavy (non-hydrogen) atoms. The monoisotopic (exact) mass is 194 g/mol. The predicted molar refractivity (Wildman–Crippen MR) is 40.0 cm³/mol. The van der Waals surface area contributed by atoms with Gasteiger partial charge in [0.2, 0.25) is 0 Å². The molecule has 0 aliphatic carbocycles. The Morgan fingerprint density at radius 2 is 2.33 bits per heavy atom. The summed E-state index contributed by atoms with van der Waals surface area (Å²) in [7, 11) is 1.61. The maximum absolute atomic E-state index is 4.79. The molecule has 0 saturated carbocycles.